The lowest BCUT2D eigenvalue weighted by atomic mass is 9.88. The molecule has 0 radical (unpaired) electrons. The molecule has 2 aliphatic rings. The van der Waals surface area contributed by atoms with Crippen LogP contribution in [-0.4, -0.2) is 40.4 Å². The van der Waals surface area contributed by atoms with Crippen LogP contribution in [0.15, 0.2) is 71.0 Å². The lowest BCUT2D eigenvalue weighted by Crippen LogP contribution is -2.40. The summed E-state index contributed by atoms with van der Waals surface area (Å²) in [6.45, 7) is 1.34. The van der Waals surface area contributed by atoms with Gasteiger partial charge >= 0.3 is 5.97 Å². The van der Waals surface area contributed by atoms with Crippen LogP contribution in [0.2, 0.25) is 0 Å². The Labute approximate surface area is 161 Å². The van der Waals surface area contributed by atoms with Crippen molar-refractivity contribution in [2.45, 2.75) is 18.9 Å². The zero-order valence-corrected chi connectivity index (χ0v) is 15.2. The van der Waals surface area contributed by atoms with Gasteiger partial charge in [-0.25, -0.2) is 0 Å². The summed E-state index contributed by atoms with van der Waals surface area (Å²) in [5, 5.41) is 22.1. The molecular formula is C21H19N3O4. The van der Waals surface area contributed by atoms with Crippen molar-refractivity contribution in [2.24, 2.45) is 4.99 Å². The Hall–Kier alpha value is -3.61. The molecular weight excluding hydrogens is 358 g/mol. The summed E-state index contributed by atoms with van der Waals surface area (Å²) in [5.41, 5.74) is 3.24. The van der Waals surface area contributed by atoms with Gasteiger partial charge in [0.2, 0.25) is 0 Å². The minimum Gasteiger partial charge on any atom is -0.504 e. The Kier molecular flexibility index (Phi) is 4.35. The molecule has 2 aliphatic heterocycles. The molecule has 2 unspecified atom stereocenters. The SMILES string of the molecule is CC1N=C(C(=O)NCC(=O)O)C(O)=C2C1c1ccccc1N2c1ccccc1. The number of carbonyl (C=O) groups is 2. The van der Waals surface area contributed by atoms with E-state index in [0.717, 1.165) is 16.9 Å². The Bertz CT molecular complexity index is 1010. The van der Waals surface area contributed by atoms with E-state index in [1.807, 2.05) is 66.4 Å². The molecule has 2 aromatic rings. The maximum atomic E-state index is 12.4. The molecule has 0 spiro atoms. The highest BCUT2D eigenvalue weighted by Gasteiger charge is 2.44. The van der Waals surface area contributed by atoms with Gasteiger partial charge in [-0.15, -0.1) is 0 Å². The summed E-state index contributed by atoms with van der Waals surface area (Å²) in [6.07, 6.45) is 0. The molecule has 0 saturated carbocycles. The second-order valence-electron chi connectivity index (χ2n) is 6.74. The van der Waals surface area contributed by atoms with Crippen LogP contribution in [0.4, 0.5) is 11.4 Å². The standard InChI is InChI=1S/C21H19N3O4/c1-12-17-14-9-5-6-10-15(14)24(13-7-3-2-4-8-13)19(17)20(27)18(23-12)21(28)22-11-16(25)26/h2-10,12,17,27H,11H2,1H3,(H,22,28)(H,25,26). The number of nitrogens with zero attached hydrogens (tertiary/aromatic N) is 2. The van der Waals surface area contributed by atoms with Gasteiger partial charge in [-0.2, -0.15) is 0 Å². The number of aliphatic imine (C=N–C) groups is 1. The molecule has 1 amide bonds. The van der Waals surface area contributed by atoms with Crippen molar-refractivity contribution in [2.75, 3.05) is 11.4 Å². The number of amides is 1. The van der Waals surface area contributed by atoms with E-state index in [-0.39, 0.29) is 23.4 Å². The molecule has 142 valence electrons. The van der Waals surface area contributed by atoms with Crippen molar-refractivity contribution in [3.8, 4) is 0 Å². The molecule has 0 fully saturated rings. The van der Waals surface area contributed by atoms with Crippen LogP contribution < -0.4 is 10.2 Å². The van der Waals surface area contributed by atoms with Gasteiger partial charge in [-0.3, -0.25) is 14.6 Å². The van der Waals surface area contributed by atoms with Gasteiger partial charge in [-0.1, -0.05) is 36.4 Å². The number of anilines is 2. The highest BCUT2D eigenvalue weighted by atomic mass is 16.4. The van der Waals surface area contributed by atoms with Gasteiger partial charge in [0.25, 0.3) is 5.91 Å². The molecule has 0 aliphatic carbocycles. The summed E-state index contributed by atoms with van der Waals surface area (Å²) in [7, 11) is 0. The number of fused-ring (bicyclic) bond motifs is 3. The molecule has 7 heteroatoms. The Balaban J connectivity index is 1.84. The van der Waals surface area contributed by atoms with Crippen LogP contribution in [0.1, 0.15) is 18.4 Å². The third-order valence-electron chi connectivity index (χ3n) is 4.96. The number of carboxylic acid groups (broad SMARTS) is 1. The number of rotatable bonds is 4. The number of para-hydroxylation sites is 2. The summed E-state index contributed by atoms with van der Waals surface area (Å²) in [5.74, 6) is -2.30. The number of carbonyl (C=O) groups excluding carboxylic acids is 1. The first-order chi connectivity index (χ1) is 13.5. The van der Waals surface area contributed by atoms with E-state index >= 15 is 0 Å². The number of dihydropyridines is 1. The average molecular weight is 377 g/mol. The normalized spacial score (nSPS) is 20.3. The number of hydrogen-bond acceptors (Lipinski definition) is 5. The molecule has 3 N–H and O–H groups in total. The Morgan fingerprint density at radius 2 is 1.79 bits per heavy atom. The van der Waals surface area contributed by atoms with Gasteiger partial charge in [0.1, 0.15) is 6.54 Å². The first-order valence-corrected chi connectivity index (χ1v) is 8.94. The second kappa shape index (κ2) is 6.84. The monoisotopic (exact) mass is 377 g/mol. The summed E-state index contributed by atoms with van der Waals surface area (Å²) < 4.78 is 0. The maximum absolute atomic E-state index is 12.4. The molecule has 28 heavy (non-hydrogen) atoms. The van der Waals surface area contributed by atoms with Gasteiger partial charge in [0.15, 0.2) is 11.5 Å². The molecule has 2 aromatic carbocycles. The Morgan fingerprint density at radius 3 is 2.50 bits per heavy atom. The van der Waals surface area contributed by atoms with E-state index < -0.39 is 18.4 Å². The van der Waals surface area contributed by atoms with Crippen molar-refractivity contribution in [3.63, 3.8) is 0 Å². The summed E-state index contributed by atoms with van der Waals surface area (Å²) >= 11 is 0. The molecule has 4 rings (SSSR count). The van der Waals surface area contributed by atoms with Crippen molar-refractivity contribution in [1.82, 2.24) is 5.32 Å². The molecule has 0 saturated heterocycles. The smallest absolute Gasteiger partial charge is 0.322 e. The first-order valence-electron chi connectivity index (χ1n) is 8.94. The highest BCUT2D eigenvalue weighted by molar-refractivity contribution is 6.45. The van der Waals surface area contributed by atoms with Gasteiger partial charge in [-0.05, 0) is 30.7 Å². The van der Waals surface area contributed by atoms with Gasteiger partial charge in [0.05, 0.1) is 17.7 Å². The van der Waals surface area contributed by atoms with Crippen LogP contribution in [0, 0.1) is 0 Å². The van der Waals surface area contributed by atoms with E-state index in [1.54, 1.807) is 0 Å². The summed E-state index contributed by atoms with van der Waals surface area (Å²) in [4.78, 5) is 29.5. The van der Waals surface area contributed by atoms with Crippen LogP contribution in [0.25, 0.3) is 0 Å². The predicted molar refractivity (Wildman–Crippen MR) is 105 cm³/mol. The predicted octanol–water partition coefficient (Wildman–Crippen LogP) is 2.74. The van der Waals surface area contributed by atoms with Crippen molar-refractivity contribution >= 4 is 29.0 Å². The minimum absolute atomic E-state index is 0.145. The first kappa shape index (κ1) is 17.8. The van der Waals surface area contributed by atoms with Crippen LogP contribution >= 0.6 is 0 Å². The zero-order valence-electron chi connectivity index (χ0n) is 15.2. The van der Waals surface area contributed by atoms with Crippen molar-refractivity contribution in [1.29, 1.82) is 0 Å². The fraction of sp³-hybridized carbons (Fsp3) is 0.190. The summed E-state index contributed by atoms with van der Waals surface area (Å²) in [6, 6.07) is 17.1. The molecule has 0 aromatic heterocycles. The number of aliphatic carboxylic acids is 1. The number of benzene rings is 2. The van der Waals surface area contributed by atoms with E-state index in [4.69, 9.17) is 5.11 Å². The highest BCUT2D eigenvalue weighted by Crippen LogP contribution is 2.51. The average Bonchev–Trinajstić information content (AvgIpc) is 3.05. The maximum Gasteiger partial charge on any atom is 0.322 e. The van der Waals surface area contributed by atoms with Crippen molar-refractivity contribution < 1.29 is 19.8 Å². The minimum atomic E-state index is -1.16. The molecule has 0 bridgehead atoms. The molecule has 7 nitrogen and oxygen atoms in total. The Morgan fingerprint density at radius 1 is 1.11 bits per heavy atom. The van der Waals surface area contributed by atoms with E-state index in [0.29, 0.717) is 5.70 Å². The fourth-order valence-corrected chi connectivity index (χ4v) is 3.83. The van der Waals surface area contributed by atoms with Crippen LogP contribution in [-0.2, 0) is 9.59 Å². The zero-order chi connectivity index (χ0) is 19.8. The largest absolute Gasteiger partial charge is 0.504 e. The van der Waals surface area contributed by atoms with E-state index in [1.165, 1.54) is 0 Å². The van der Waals surface area contributed by atoms with Crippen LogP contribution in [0.3, 0.4) is 0 Å². The van der Waals surface area contributed by atoms with E-state index in [9.17, 15) is 14.7 Å². The third-order valence-corrected chi connectivity index (χ3v) is 4.96. The third kappa shape index (κ3) is 2.81. The fourth-order valence-electron chi connectivity index (χ4n) is 3.83. The molecule has 2 heterocycles. The van der Waals surface area contributed by atoms with Crippen molar-refractivity contribution in [3.05, 3.63) is 71.6 Å². The quantitative estimate of drug-likeness (QED) is 0.760. The number of carboxylic acids is 1. The van der Waals surface area contributed by atoms with Gasteiger partial charge < -0.3 is 20.4 Å². The van der Waals surface area contributed by atoms with E-state index in [2.05, 4.69) is 10.3 Å². The topological polar surface area (TPSA) is 102 Å². The van der Waals surface area contributed by atoms with Crippen LogP contribution in [0.5, 0.6) is 0 Å². The lowest BCUT2D eigenvalue weighted by molar-refractivity contribution is -0.137. The number of hydrogen-bond donors (Lipinski definition) is 3. The number of aliphatic hydroxyl groups is 1. The second-order valence-corrected chi connectivity index (χ2v) is 6.74. The van der Waals surface area contributed by atoms with Gasteiger partial charge in [0, 0.05) is 11.4 Å². The number of nitrogens with one attached hydrogen (secondary N) is 1. The lowest BCUT2D eigenvalue weighted by Gasteiger charge is -2.29. The molecule has 2 atom stereocenters. The number of aliphatic hydroxyl groups excluding tert-OH is 1.